The first-order valence-electron chi connectivity index (χ1n) is 6.33. The first-order chi connectivity index (χ1) is 9.56. The van der Waals surface area contributed by atoms with Crippen LogP contribution in [0, 0.1) is 0 Å². The van der Waals surface area contributed by atoms with Gasteiger partial charge in [0, 0.05) is 13.1 Å². The highest BCUT2D eigenvalue weighted by Gasteiger charge is 2.26. The van der Waals surface area contributed by atoms with Crippen LogP contribution in [0.15, 0.2) is 27.2 Å². The van der Waals surface area contributed by atoms with Crippen LogP contribution in [0.25, 0.3) is 0 Å². The van der Waals surface area contributed by atoms with Crippen molar-refractivity contribution in [2.75, 3.05) is 6.54 Å². The molecule has 1 aliphatic heterocycles. The third-order valence-corrected chi connectivity index (χ3v) is 4.31. The Morgan fingerprint density at radius 3 is 3.00 bits per heavy atom. The lowest BCUT2D eigenvalue weighted by Gasteiger charge is -2.31. The van der Waals surface area contributed by atoms with Crippen molar-refractivity contribution in [1.29, 1.82) is 0 Å². The summed E-state index contributed by atoms with van der Waals surface area (Å²) in [6.45, 7) is 4.44. The quantitative estimate of drug-likeness (QED) is 0.930. The Morgan fingerprint density at radius 1 is 1.50 bits per heavy atom. The number of halogens is 1. The Morgan fingerprint density at radius 2 is 2.30 bits per heavy atom. The van der Waals surface area contributed by atoms with Crippen LogP contribution in [0.1, 0.15) is 35.0 Å². The van der Waals surface area contributed by atoms with Crippen LogP contribution in [0.4, 0.5) is 0 Å². The summed E-state index contributed by atoms with van der Waals surface area (Å²) in [6, 6.07) is 3.26. The number of hydrogen-bond acceptors (Lipinski definition) is 4. The van der Waals surface area contributed by atoms with Gasteiger partial charge in [-0.05, 0) is 35.0 Å². The number of aromatic carboxylic acids is 1. The molecule has 0 radical (unpaired) electrons. The standard InChI is InChI=1S/C13H14BrN3O3/c1-8(11-2-3-12(20-11)13(18)19)16-4-5-17-10(7-16)9(14)6-15-17/h2-3,6,8H,4-5,7H2,1H3,(H,18,19). The number of carbonyl (C=O) groups is 1. The average molecular weight is 340 g/mol. The molecule has 2 aromatic rings. The van der Waals surface area contributed by atoms with Crippen LogP contribution in [0.5, 0.6) is 0 Å². The van der Waals surface area contributed by atoms with Gasteiger partial charge in [0.2, 0.25) is 5.76 Å². The van der Waals surface area contributed by atoms with Crippen molar-refractivity contribution in [3.05, 3.63) is 40.0 Å². The molecule has 0 saturated carbocycles. The fourth-order valence-electron chi connectivity index (χ4n) is 2.44. The summed E-state index contributed by atoms with van der Waals surface area (Å²) < 4.78 is 8.37. The van der Waals surface area contributed by atoms with Crippen molar-refractivity contribution < 1.29 is 14.3 Å². The van der Waals surface area contributed by atoms with Crippen molar-refractivity contribution >= 4 is 21.9 Å². The molecule has 0 saturated heterocycles. The summed E-state index contributed by atoms with van der Waals surface area (Å²) in [5.41, 5.74) is 1.13. The minimum atomic E-state index is -1.04. The molecule has 1 atom stereocenters. The minimum Gasteiger partial charge on any atom is -0.475 e. The fourth-order valence-corrected chi connectivity index (χ4v) is 2.86. The van der Waals surface area contributed by atoms with Crippen molar-refractivity contribution in [2.45, 2.75) is 26.1 Å². The van der Waals surface area contributed by atoms with E-state index in [0.29, 0.717) is 5.76 Å². The van der Waals surface area contributed by atoms with E-state index >= 15 is 0 Å². The normalized spacial score (nSPS) is 16.9. The maximum atomic E-state index is 10.9. The molecule has 3 rings (SSSR count). The van der Waals surface area contributed by atoms with Gasteiger partial charge in [-0.1, -0.05) is 0 Å². The van der Waals surface area contributed by atoms with E-state index in [9.17, 15) is 4.79 Å². The Hall–Kier alpha value is -1.60. The van der Waals surface area contributed by atoms with Gasteiger partial charge in [0.1, 0.15) is 5.76 Å². The molecule has 0 amide bonds. The second kappa shape index (κ2) is 5.06. The highest BCUT2D eigenvalue weighted by Crippen LogP contribution is 2.29. The Kier molecular flexibility index (Phi) is 3.39. The van der Waals surface area contributed by atoms with Crippen molar-refractivity contribution in [2.24, 2.45) is 0 Å². The summed E-state index contributed by atoms with van der Waals surface area (Å²) in [6.07, 6.45) is 1.80. The second-order valence-electron chi connectivity index (χ2n) is 4.82. The van der Waals surface area contributed by atoms with Gasteiger partial charge in [-0.15, -0.1) is 0 Å². The van der Waals surface area contributed by atoms with Gasteiger partial charge < -0.3 is 9.52 Å². The summed E-state index contributed by atoms with van der Waals surface area (Å²) in [5.74, 6) is -0.385. The fraction of sp³-hybridized carbons (Fsp3) is 0.385. The molecule has 0 aliphatic carbocycles. The maximum absolute atomic E-state index is 10.9. The lowest BCUT2D eigenvalue weighted by atomic mass is 10.2. The first kappa shape index (κ1) is 13.4. The smallest absolute Gasteiger partial charge is 0.371 e. The summed E-state index contributed by atoms with van der Waals surface area (Å²) in [5, 5.41) is 13.2. The second-order valence-corrected chi connectivity index (χ2v) is 5.67. The zero-order valence-corrected chi connectivity index (χ0v) is 12.5. The van der Waals surface area contributed by atoms with E-state index in [2.05, 4.69) is 25.9 Å². The molecular weight excluding hydrogens is 326 g/mol. The topological polar surface area (TPSA) is 71.5 Å². The number of rotatable bonds is 3. The SMILES string of the molecule is CC(c1ccc(C(=O)O)o1)N1CCn2ncc(Br)c2C1. The van der Waals surface area contributed by atoms with E-state index in [1.54, 1.807) is 12.3 Å². The number of carboxylic acid groups (broad SMARTS) is 1. The highest BCUT2D eigenvalue weighted by molar-refractivity contribution is 9.10. The largest absolute Gasteiger partial charge is 0.475 e. The van der Waals surface area contributed by atoms with Gasteiger partial charge in [-0.25, -0.2) is 4.79 Å². The lowest BCUT2D eigenvalue weighted by Crippen LogP contribution is -2.35. The predicted octanol–water partition coefficient (Wildman–Crippen LogP) is 2.51. The van der Waals surface area contributed by atoms with Crippen LogP contribution < -0.4 is 0 Å². The van der Waals surface area contributed by atoms with Crippen molar-refractivity contribution in [3.8, 4) is 0 Å². The minimum absolute atomic E-state index is 0.0184. The van der Waals surface area contributed by atoms with Crippen LogP contribution >= 0.6 is 15.9 Å². The van der Waals surface area contributed by atoms with Crippen molar-refractivity contribution in [1.82, 2.24) is 14.7 Å². The molecule has 20 heavy (non-hydrogen) atoms. The molecule has 0 fully saturated rings. The van der Waals surface area contributed by atoms with Gasteiger partial charge in [0.15, 0.2) is 0 Å². The van der Waals surface area contributed by atoms with Gasteiger partial charge in [0.25, 0.3) is 0 Å². The molecule has 3 heterocycles. The molecule has 7 heteroatoms. The molecular formula is C13H14BrN3O3. The van der Waals surface area contributed by atoms with Crippen molar-refractivity contribution in [3.63, 3.8) is 0 Å². The Bertz CT molecular complexity index is 649. The average Bonchev–Trinajstić information content (AvgIpc) is 3.05. The zero-order valence-electron chi connectivity index (χ0n) is 10.9. The van der Waals surface area contributed by atoms with E-state index in [4.69, 9.17) is 9.52 Å². The molecule has 2 aromatic heterocycles. The van der Waals surface area contributed by atoms with Crippen LogP contribution in [0.3, 0.4) is 0 Å². The van der Waals surface area contributed by atoms with Gasteiger partial charge in [0.05, 0.1) is 29.0 Å². The molecule has 106 valence electrons. The number of furan rings is 1. The lowest BCUT2D eigenvalue weighted by molar-refractivity contribution is 0.0653. The summed E-state index contributed by atoms with van der Waals surface area (Å²) in [4.78, 5) is 13.1. The molecule has 6 nitrogen and oxygen atoms in total. The van der Waals surface area contributed by atoms with Gasteiger partial charge >= 0.3 is 5.97 Å². The van der Waals surface area contributed by atoms with E-state index < -0.39 is 5.97 Å². The van der Waals surface area contributed by atoms with E-state index in [1.165, 1.54) is 6.07 Å². The van der Waals surface area contributed by atoms with Crippen LogP contribution in [0.2, 0.25) is 0 Å². The first-order valence-corrected chi connectivity index (χ1v) is 7.13. The van der Waals surface area contributed by atoms with E-state index in [0.717, 1.165) is 29.8 Å². The summed E-state index contributed by atoms with van der Waals surface area (Å²) in [7, 11) is 0. The number of fused-ring (bicyclic) bond motifs is 1. The van der Waals surface area contributed by atoms with Gasteiger partial charge in [-0.3, -0.25) is 9.58 Å². The Balaban J connectivity index is 1.79. The number of carboxylic acids is 1. The molecule has 1 aliphatic rings. The number of nitrogens with zero attached hydrogens (tertiary/aromatic N) is 3. The third kappa shape index (κ3) is 2.27. The molecule has 0 bridgehead atoms. The monoisotopic (exact) mass is 339 g/mol. The van der Waals surface area contributed by atoms with E-state index in [1.807, 2.05) is 11.6 Å². The Labute approximate surface area is 124 Å². The van der Waals surface area contributed by atoms with Crippen LogP contribution in [-0.4, -0.2) is 32.3 Å². The predicted molar refractivity (Wildman–Crippen MR) is 74.4 cm³/mol. The molecule has 0 spiro atoms. The number of hydrogen-bond donors (Lipinski definition) is 1. The number of aromatic nitrogens is 2. The third-order valence-electron chi connectivity index (χ3n) is 3.65. The maximum Gasteiger partial charge on any atom is 0.371 e. The molecule has 0 aromatic carbocycles. The molecule has 1 unspecified atom stereocenters. The zero-order chi connectivity index (χ0) is 14.3. The highest BCUT2D eigenvalue weighted by atomic mass is 79.9. The van der Waals surface area contributed by atoms with E-state index in [-0.39, 0.29) is 11.8 Å². The van der Waals surface area contributed by atoms with Crippen LogP contribution in [-0.2, 0) is 13.1 Å². The molecule has 1 N–H and O–H groups in total. The van der Waals surface area contributed by atoms with Gasteiger partial charge in [-0.2, -0.15) is 5.10 Å². The summed E-state index contributed by atoms with van der Waals surface area (Å²) >= 11 is 3.50.